The van der Waals surface area contributed by atoms with Gasteiger partial charge in [-0.2, -0.15) is 0 Å². The third kappa shape index (κ3) is 4.80. The summed E-state index contributed by atoms with van der Waals surface area (Å²) in [6.45, 7) is 0. The molecule has 0 saturated carbocycles. The van der Waals surface area contributed by atoms with Gasteiger partial charge in [-0.05, 0) is 74.3 Å². The van der Waals surface area contributed by atoms with Gasteiger partial charge in [-0.15, -0.1) is 0 Å². The number of fused-ring (bicyclic) bond motifs is 12. The van der Waals surface area contributed by atoms with Crippen LogP contribution in [0, 0.1) is 0 Å². The van der Waals surface area contributed by atoms with Gasteiger partial charge in [-0.25, -0.2) is 9.97 Å². The Kier molecular flexibility index (Phi) is 7.14. The molecule has 0 saturated heterocycles. The molecule has 3 nitrogen and oxygen atoms in total. The van der Waals surface area contributed by atoms with E-state index in [4.69, 9.17) is 14.4 Å². The average molecular weight is 739 g/mol. The minimum absolute atomic E-state index is 0.518. The highest BCUT2D eigenvalue weighted by Gasteiger charge is 2.54. The number of hydrogen-bond donors (Lipinski definition) is 0. The van der Waals surface area contributed by atoms with E-state index in [1.165, 1.54) is 44.5 Å². The summed E-state index contributed by atoms with van der Waals surface area (Å²) in [4.78, 5) is 10.4. The van der Waals surface area contributed by atoms with Gasteiger partial charge in [0, 0.05) is 33.2 Å². The Morgan fingerprint density at radius 3 is 1.59 bits per heavy atom. The minimum Gasteiger partial charge on any atom is -0.456 e. The Morgan fingerprint density at radius 2 is 0.862 bits per heavy atom. The molecule has 10 aromatic rings. The molecule has 8 aromatic carbocycles. The Balaban J connectivity index is 1.01. The van der Waals surface area contributed by atoms with Crippen LogP contribution in [0.5, 0.6) is 0 Å². The lowest BCUT2D eigenvalue weighted by molar-refractivity contribution is 0.628. The molecule has 0 atom stereocenters. The predicted octanol–water partition coefficient (Wildman–Crippen LogP) is 13.9. The number of para-hydroxylation sites is 1. The van der Waals surface area contributed by atoms with Crippen molar-refractivity contribution in [2.75, 3.05) is 0 Å². The highest BCUT2D eigenvalue weighted by molar-refractivity contribution is 6.02. The van der Waals surface area contributed by atoms with E-state index in [0.29, 0.717) is 5.82 Å². The molecule has 2 aliphatic rings. The largest absolute Gasteiger partial charge is 0.456 e. The summed E-state index contributed by atoms with van der Waals surface area (Å²) < 4.78 is 6.78. The van der Waals surface area contributed by atoms with Crippen LogP contribution in [0.15, 0.2) is 211 Å². The molecule has 0 N–H and O–H groups in total. The Hall–Kier alpha value is -7.62. The van der Waals surface area contributed by atoms with E-state index in [0.717, 1.165) is 61.5 Å². The van der Waals surface area contributed by atoms with Crippen molar-refractivity contribution in [2.45, 2.75) is 5.41 Å². The molecule has 2 aromatic heterocycles. The second kappa shape index (κ2) is 12.7. The normalized spacial score (nSPS) is 13.0. The molecular formula is C55H34N2O. The van der Waals surface area contributed by atoms with Gasteiger partial charge in [-0.1, -0.05) is 182 Å². The number of furan rings is 1. The van der Waals surface area contributed by atoms with Crippen LogP contribution >= 0.6 is 0 Å². The minimum atomic E-state index is -0.518. The summed E-state index contributed by atoms with van der Waals surface area (Å²) in [7, 11) is 0. The van der Waals surface area contributed by atoms with E-state index in [1.54, 1.807) is 0 Å². The highest BCUT2D eigenvalue weighted by atomic mass is 16.3. The van der Waals surface area contributed by atoms with Gasteiger partial charge in [0.15, 0.2) is 5.82 Å². The van der Waals surface area contributed by atoms with E-state index < -0.39 is 5.41 Å². The Morgan fingerprint density at radius 1 is 0.345 bits per heavy atom. The molecular weight excluding hydrogens is 705 g/mol. The molecule has 58 heavy (non-hydrogen) atoms. The number of rotatable bonds is 5. The van der Waals surface area contributed by atoms with Crippen molar-refractivity contribution < 1.29 is 4.42 Å². The lowest BCUT2D eigenvalue weighted by Gasteiger charge is -2.30. The quantitative estimate of drug-likeness (QED) is 0.176. The number of aromatic nitrogens is 2. The zero-order valence-electron chi connectivity index (χ0n) is 31.4. The molecule has 0 fully saturated rings. The zero-order chi connectivity index (χ0) is 38.2. The van der Waals surface area contributed by atoms with Crippen LogP contribution in [-0.2, 0) is 5.41 Å². The van der Waals surface area contributed by atoms with Crippen LogP contribution in [0.2, 0.25) is 0 Å². The first-order valence-corrected chi connectivity index (χ1v) is 19.8. The second-order valence-electron chi connectivity index (χ2n) is 15.3. The average Bonchev–Trinajstić information content (AvgIpc) is 3.93. The Labute approximate surface area is 336 Å². The van der Waals surface area contributed by atoms with Crippen molar-refractivity contribution in [3.8, 4) is 78.6 Å². The molecule has 0 radical (unpaired) electrons. The van der Waals surface area contributed by atoms with Crippen LogP contribution in [0.4, 0.5) is 0 Å². The smallest absolute Gasteiger partial charge is 0.160 e. The van der Waals surface area contributed by atoms with Crippen LogP contribution in [0.25, 0.3) is 89.6 Å². The van der Waals surface area contributed by atoms with Gasteiger partial charge in [-0.3, -0.25) is 0 Å². The van der Waals surface area contributed by atoms with E-state index in [1.807, 2.05) is 12.1 Å². The lowest BCUT2D eigenvalue weighted by Crippen LogP contribution is -2.25. The number of benzene rings is 8. The first kappa shape index (κ1) is 32.6. The molecule has 3 heteroatoms. The maximum Gasteiger partial charge on any atom is 0.160 e. The summed E-state index contributed by atoms with van der Waals surface area (Å²) >= 11 is 0. The van der Waals surface area contributed by atoms with Gasteiger partial charge in [0.1, 0.15) is 11.3 Å². The first-order chi connectivity index (χ1) is 28.7. The topological polar surface area (TPSA) is 38.9 Å². The maximum atomic E-state index is 6.78. The molecule has 0 unspecified atom stereocenters. The summed E-state index contributed by atoms with van der Waals surface area (Å²) in [6, 6.07) is 73.5. The van der Waals surface area contributed by atoms with Crippen molar-refractivity contribution in [2.24, 2.45) is 0 Å². The van der Waals surface area contributed by atoms with Crippen LogP contribution in [-0.4, -0.2) is 9.97 Å². The van der Waals surface area contributed by atoms with Gasteiger partial charge < -0.3 is 4.42 Å². The van der Waals surface area contributed by atoms with Crippen molar-refractivity contribution in [1.29, 1.82) is 0 Å². The summed E-state index contributed by atoms with van der Waals surface area (Å²) in [5.41, 5.74) is 18.6. The first-order valence-electron chi connectivity index (χ1n) is 19.8. The standard InChI is InChI=1S/C55H34N2O/c1-3-14-35(15-4-1)36-26-28-38(29-27-36)50-34-49(37-16-5-2-6-17-37)56-54(57-50)41-19-13-18-39(32-41)40-30-31-44-48(33-40)55(52-45-22-9-12-25-51(45)58-53(44)52)46-23-10-7-20-42(46)43-21-8-11-24-47(43)55/h1-34H. The van der Waals surface area contributed by atoms with Crippen molar-refractivity contribution in [1.82, 2.24) is 9.97 Å². The van der Waals surface area contributed by atoms with E-state index in [-0.39, 0.29) is 0 Å². The molecule has 2 heterocycles. The third-order valence-electron chi connectivity index (χ3n) is 12.1. The second-order valence-corrected chi connectivity index (χ2v) is 15.3. The molecule has 0 aliphatic heterocycles. The van der Waals surface area contributed by atoms with Gasteiger partial charge in [0.25, 0.3) is 0 Å². The van der Waals surface area contributed by atoms with Crippen LogP contribution in [0.1, 0.15) is 22.3 Å². The fourth-order valence-corrected chi connectivity index (χ4v) is 9.55. The number of hydrogen-bond acceptors (Lipinski definition) is 3. The van der Waals surface area contributed by atoms with Crippen molar-refractivity contribution >= 4 is 11.0 Å². The molecule has 0 amide bonds. The zero-order valence-corrected chi connectivity index (χ0v) is 31.4. The predicted molar refractivity (Wildman–Crippen MR) is 235 cm³/mol. The van der Waals surface area contributed by atoms with Crippen LogP contribution < -0.4 is 0 Å². The lowest BCUT2D eigenvalue weighted by atomic mass is 9.70. The monoisotopic (exact) mass is 738 g/mol. The van der Waals surface area contributed by atoms with E-state index in [2.05, 4.69) is 194 Å². The Bertz CT molecular complexity index is 3170. The summed E-state index contributed by atoms with van der Waals surface area (Å²) in [5.74, 6) is 1.64. The van der Waals surface area contributed by atoms with Crippen molar-refractivity contribution in [3.05, 3.63) is 229 Å². The number of nitrogens with zero attached hydrogens (tertiary/aromatic N) is 2. The van der Waals surface area contributed by atoms with Gasteiger partial charge in [0.05, 0.1) is 16.8 Å². The van der Waals surface area contributed by atoms with Crippen LogP contribution in [0.3, 0.4) is 0 Å². The van der Waals surface area contributed by atoms with Gasteiger partial charge in [0.2, 0.25) is 0 Å². The maximum absolute atomic E-state index is 6.78. The molecule has 1 spiro atoms. The highest BCUT2D eigenvalue weighted by Crippen LogP contribution is 2.65. The summed E-state index contributed by atoms with van der Waals surface area (Å²) in [5, 5.41) is 1.16. The van der Waals surface area contributed by atoms with E-state index in [9.17, 15) is 0 Å². The molecule has 270 valence electrons. The molecule has 12 rings (SSSR count). The molecule has 2 aliphatic carbocycles. The van der Waals surface area contributed by atoms with Gasteiger partial charge >= 0.3 is 0 Å². The molecule has 0 bridgehead atoms. The SMILES string of the molecule is c1ccc(-c2ccc(-c3cc(-c4ccccc4)nc(-c4cccc(-c5ccc6c(c5)C5(c7ccccc7-c7ccccc75)c5c-6oc6ccccc56)c4)n3)cc2)cc1. The third-order valence-corrected chi connectivity index (χ3v) is 12.1. The summed E-state index contributed by atoms with van der Waals surface area (Å²) in [6.07, 6.45) is 0. The fourth-order valence-electron chi connectivity index (χ4n) is 9.55. The fraction of sp³-hybridized carbons (Fsp3) is 0.0182. The van der Waals surface area contributed by atoms with Crippen molar-refractivity contribution in [3.63, 3.8) is 0 Å². The van der Waals surface area contributed by atoms with E-state index >= 15 is 0 Å².